The number of hydrogen-bond donors (Lipinski definition) is 1. The van der Waals surface area contributed by atoms with Gasteiger partial charge in [0.25, 0.3) is 0 Å². The third kappa shape index (κ3) is 6.52. The number of hydrogen-bond acceptors (Lipinski definition) is 3. The van der Waals surface area contributed by atoms with E-state index in [1.807, 2.05) is 94.4 Å². The average molecular weight is 454 g/mol. The number of benzene rings is 3. The van der Waals surface area contributed by atoms with E-state index in [1.165, 1.54) is 0 Å². The van der Waals surface area contributed by atoms with Crippen molar-refractivity contribution in [2.75, 3.05) is 5.75 Å². The number of nitrogens with one attached hydrogen (secondary N) is 1. The number of ether oxygens (including phenoxy) is 1. The van der Waals surface area contributed by atoms with Crippen molar-refractivity contribution in [1.29, 1.82) is 0 Å². The predicted molar refractivity (Wildman–Crippen MR) is 130 cm³/mol. The van der Waals surface area contributed by atoms with Gasteiger partial charge in [0.05, 0.1) is 11.0 Å². The van der Waals surface area contributed by atoms with Crippen LogP contribution in [0.3, 0.4) is 0 Å². The Morgan fingerprint density at radius 1 is 0.871 bits per heavy atom. The molecule has 5 heteroatoms. The smallest absolute Gasteiger partial charge is 0.227 e. The molecule has 0 unspecified atom stereocenters. The van der Waals surface area contributed by atoms with Gasteiger partial charge in [0.2, 0.25) is 5.91 Å². The van der Waals surface area contributed by atoms with Crippen molar-refractivity contribution in [3.63, 3.8) is 0 Å². The van der Waals surface area contributed by atoms with Crippen molar-refractivity contribution in [2.45, 2.75) is 38.1 Å². The van der Waals surface area contributed by atoms with Crippen LogP contribution in [0.1, 0.15) is 33.3 Å². The number of rotatable bonds is 8. The zero-order valence-corrected chi connectivity index (χ0v) is 19.9. The molecule has 3 rings (SSSR count). The predicted octanol–water partition coefficient (Wildman–Crippen LogP) is 7.30. The number of amides is 1. The fourth-order valence-electron chi connectivity index (χ4n) is 2.95. The van der Waals surface area contributed by atoms with Crippen LogP contribution in [0.4, 0.5) is 0 Å². The molecular formula is C26H28ClNO2S. The average Bonchev–Trinajstić information content (AvgIpc) is 2.75. The second-order valence-corrected chi connectivity index (χ2v) is 10.1. The van der Waals surface area contributed by atoms with Gasteiger partial charge >= 0.3 is 0 Å². The molecule has 3 aromatic carbocycles. The molecule has 31 heavy (non-hydrogen) atoms. The monoisotopic (exact) mass is 453 g/mol. The van der Waals surface area contributed by atoms with Gasteiger partial charge < -0.3 is 10.1 Å². The summed E-state index contributed by atoms with van der Waals surface area (Å²) < 4.78 is 5.84. The zero-order chi connectivity index (χ0) is 22.5. The zero-order valence-electron chi connectivity index (χ0n) is 18.3. The molecule has 3 nitrogen and oxygen atoms in total. The third-order valence-corrected chi connectivity index (χ3v) is 6.73. The molecule has 0 bridgehead atoms. The maximum atomic E-state index is 13.0. The van der Waals surface area contributed by atoms with Crippen molar-refractivity contribution in [3.05, 3.63) is 89.4 Å². The van der Waals surface area contributed by atoms with Crippen LogP contribution in [-0.4, -0.2) is 11.7 Å². The molecule has 0 fully saturated rings. The summed E-state index contributed by atoms with van der Waals surface area (Å²) in [5.74, 6) is 2.20. The van der Waals surface area contributed by atoms with Crippen molar-refractivity contribution >= 4 is 29.3 Å². The molecule has 1 amide bonds. The van der Waals surface area contributed by atoms with Gasteiger partial charge in [0, 0.05) is 15.7 Å². The molecule has 0 saturated carbocycles. The topological polar surface area (TPSA) is 38.3 Å². The molecule has 0 aliphatic carbocycles. The summed E-state index contributed by atoms with van der Waals surface area (Å²) in [5, 5.41) is 3.89. The Bertz CT molecular complexity index is 1000. The Labute approximate surface area is 194 Å². The number of carbonyl (C=O) groups excluding carboxylic acids is 1. The number of carbonyl (C=O) groups is 1. The first-order valence-corrected chi connectivity index (χ1v) is 11.6. The Balaban J connectivity index is 1.56. The maximum absolute atomic E-state index is 13.0. The van der Waals surface area contributed by atoms with E-state index in [4.69, 9.17) is 16.3 Å². The van der Waals surface area contributed by atoms with Crippen LogP contribution in [-0.2, 0) is 10.3 Å². The van der Waals surface area contributed by atoms with Crippen LogP contribution in [0.25, 0.3) is 0 Å². The van der Waals surface area contributed by atoms with E-state index >= 15 is 0 Å². The maximum Gasteiger partial charge on any atom is 0.227 e. The third-order valence-electron chi connectivity index (χ3n) is 5.01. The fraction of sp³-hybridized carbons (Fsp3) is 0.269. The van der Waals surface area contributed by atoms with Gasteiger partial charge in [0.15, 0.2) is 0 Å². The van der Waals surface area contributed by atoms with E-state index in [1.54, 1.807) is 23.9 Å². The second-order valence-electron chi connectivity index (χ2n) is 8.65. The van der Waals surface area contributed by atoms with Crippen molar-refractivity contribution in [2.24, 2.45) is 5.41 Å². The highest BCUT2D eigenvalue weighted by Gasteiger charge is 2.32. The summed E-state index contributed by atoms with van der Waals surface area (Å²) in [7, 11) is 0. The molecule has 0 aliphatic heterocycles. The summed E-state index contributed by atoms with van der Waals surface area (Å²) in [4.78, 5) is 14.1. The highest BCUT2D eigenvalue weighted by atomic mass is 35.5. The molecular weight excluding hydrogens is 426 g/mol. The minimum absolute atomic E-state index is 0.0385. The van der Waals surface area contributed by atoms with Gasteiger partial charge in [-0.25, -0.2) is 0 Å². The van der Waals surface area contributed by atoms with Crippen LogP contribution in [0, 0.1) is 5.41 Å². The lowest BCUT2D eigenvalue weighted by Crippen LogP contribution is -2.47. The van der Waals surface area contributed by atoms with Gasteiger partial charge in [-0.15, -0.1) is 11.8 Å². The van der Waals surface area contributed by atoms with Gasteiger partial charge in [-0.05, 0) is 67.9 Å². The number of halogens is 1. The summed E-state index contributed by atoms with van der Waals surface area (Å²) in [6, 6.07) is 25.2. The molecule has 3 aromatic rings. The molecule has 162 valence electrons. The molecule has 0 spiro atoms. The van der Waals surface area contributed by atoms with Crippen LogP contribution in [0.5, 0.6) is 11.5 Å². The fourth-order valence-corrected chi connectivity index (χ4v) is 4.07. The summed E-state index contributed by atoms with van der Waals surface area (Å²) in [5.41, 5.74) is 0.138. The van der Waals surface area contributed by atoms with Gasteiger partial charge in [-0.2, -0.15) is 0 Å². The number of thioether (sulfide) groups is 1. The van der Waals surface area contributed by atoms with Gasteiger partial charge in [-0.3, -0.25) is 4.79 Å². The van der Waals surface area contributed by atoms with Crippen LogP contribution in [0.2, 0.25) is 5.02 Å². The first-order valence-electron chi connectivity index (χ1n) is 10.2. The van der Waals surface area contributed by atoms with E-state index < -0.39 is 11.0 Å². The highest BCUT2D eigenvalue weighted by Crippen LogP contribution is 2.31. The standard InChI is InChI=1S/C26H28ClNO2S/c1-25(2,24(29)28-26(3,4)19-8-6-5-7-9-19)18-31-23-16-14-22(15-17-23)30-21-12-10-20(27)11-13-21/h5-17H,18H2,1-4H3,(H,28,29). The quantitative estimate of drug-likeness (QED) is 0.363. The highest BCUT2D eigenvalue weighted by molar-refractivity contribution is 7.99. The summed E-state index contributed by atoms with van der Waals surface area (Å²) in [6.07, 6.45) is 0. The van der Waals surface area contributed by atoms with E-state index in [0.717, 1.165) is 22.0 Å². The Kier molecular flexibility index (Phi) is 7.34. The molecule has 1 N–H and O–H groups in total. The first kappa shape index (κ1) is 23.2. The lowest BCUT2D eigenvalue weighted by Gasteiger charge is -2.32. The Morgan fingerprint density at radius 3 is 2.00 bits per heavy atom. The molecule has 0 saturated heterocycles. The van der Waals surface area contributed by atoms with Crippen LogP contribution < -0.4 is 10.1 Å². The normalized spacial score (nSPS) is 11.8. The van der Waals surface area contributed by atoms with E-state index in [0.29, 0.717) is 10.8 Å². The minimum Gasteiger partial charge on any atom is -0.457 e. The van der Waals surface area contributed by atoms with Crippen LogP contribution >= 0.6 is 23.4 Å². The lowest BCUT2D eigenvalue weighted by molar-refractivity contribution is -0.130. The molecule has 0 heterocycles. The van der Waals surface area contributed by atoms with Crippen molar-refractivity contribution in [1.82, 2.24) is 5.32 Å². The molecule has 0 aliphatic rings. The van der Waals surface area contributed by atoms with Gasteiger partial charge in [0.1, 0.15) is 11.5 Å². The largest absolute Gasteiger partial charge is 0.457 e. The van der Waals surface area contributed by atoms with Crippen molar-refractivity contribution in [3.8, 4) is 11.5 Å². The summed E-state index contributed by atoms with van der Waals surface area (Å²) >= 11 is 7.57. The Morgan fingerprint density at radius 2 is 1.42 bits per heavy atom. The molecule has 0 radical (unpaired) electrons. The van der Waals surface area contributed by atoms with Crippen LogP contribution in [0.15, 0.2) is 83.8 Å². The van der Waals surface area contributed by atoms with E-state index in [-0.39, 0.29) is 5.91 Å². The van der Waals surface area contributed by atoms with E-state index in [2.05, 4.69) is 5.32 Å². The molecule has 0 atom stereocenters. The Hall–Kier alpha value is -2.43. The van der Waals surface area contributed by atoms with E-state index in [9.17, 15) is 4.79 Å². The summed E-state index contributed by atoms with van der Waals surface area (Å²) in [6.45, 7) is 8.02. The minimum atomic E-state index is -0.519. The SMILES string of the molecule is CC(C)(CSc1ccc(Oc2ccc(Cl)cc2)cc1)C(=O)NC(C)(C)c1ccccc1. The lowest BCUT2D eigenvalue weighted by atomic mass is 9.89. The van der Waals surface area contributed by atoms with Gasteiger partial charge in [-0.1, -0.05) is 55.8 Å². The van der Waals surface area contributed by atoms with Crippen molar-refractivity contribution < 1.29 is 9.53 Å². The second kappa shape index (κ2) is 9.80. The molecule has 0 aromatic heterocycles. The first-order chi connectivity index (χ1) is 14.7.